The van der Waals surface area contributed by atoms with Crippen LogP contribution in [0.25, 0.3) is 11.1 Å². The quantitative estimate of drug-likeness (QED) is 0.455. The summed E-state index contributed by atoms with van der Waals surface area (Å²) in [5, 5.41) is 24.9. The van der Waals surface area contributed by atoms with E-state index >= 15 is 0 Å². The molecule has 3 N–H and O–H groups in total. The first-order chi connectivity index (χ1) is 15.8. The van der Waals surface area contributed by atoms with E-state index in [1.165, 1.54) is 0 Å². The molecule has 0 radical (unpaired) electrons. The van der Waals surface area contributed by atoms with E-state index in [0.717, 1.165) is 42.4 Å². The van der Waals surface area contributed by atoms with Crippen molar-refractivity contribution >= 4 is 35.1 Å². The molecule has 1 saturated carbocycles. The minimum absolute atomic E-state index is 0.0801. The molecule has 3 unspecified atom stereocenters. The first kappa shape index (κ1) is 25.5. The van der Waals surface area contributed by atoms with E-state index in [4.69, 9.17) is 27.9 Å². The molecule has 0 bridgehead atoms. The molecular formula is C25H29Cl2NO5. The van der Waals surface area contributed by atoms with Crippen molar-refractivity contribution in [3.05, 3.63) is 58.1 Å². The predicted molar refractivity (Wildman–Crippen MR) is 128 cm³/mol. The second-order valence-corrected chi connectivity index (χ2v) is 9.22. The van der Waals surface area contributed by atoms with Crippen LogP contribution in [-0.4, -0.2) is 46.9 Å². The minimum Gasteiger partial charge on any atom is -0.464 e. The molecule has 0 saturated heterocycles. The Morgan fingerprint density at radius 2 is 1.64 bits per heavy atom. The summed E-state index contributed by atoms with van der Waals surface area (Å²) in [5.41, 5.74) is 2.59. The lowest BCUT2D eigenvalue weighted by Crippen LogP contribution is -2.53. The van der Waals surface area contributed by atoms with Gasteiger partial charge in [-0.1, -0.05) is 60.3 Å². The van der Waals surface area contributed by atoms with E-state index in [9.17, 15) is 19.8 Å². The summed E-state index contributed by atoms with van der Waals surface area (Å²) in [6.07, 6.45) is 0.537. The maximum absolute atomic E-state index is 12.7. The normalized spacial score (nSPS) is 16.8. The molecule has 1 amide bonds. The van der Waals surface area contributed by atoms with Gasteiger partial charge >= 0.3 is 5.97 Å². The number of benzene rings is 2. The Bertz CT molecular complexity index is 940. The molecule has 1 aliphatic rings. The Hall–Kier alpha value is -2.12. The Morgan fingerprint density at radius 3 is 2.21 bits per heavy atom. The molecule has 0 aromatic heterocycles. The summed E-state index contributed by atoms with van der Waals surface area (Å²) in [4.78, 5) is 24.7. The number of halogens is 2. The fourth-order valence-electron chi connectivity index (χ4n) is 4.14. The first-order valence-electron chi connectivity index (χ1n) is 11.2. The van der Waals surface area contributed by atoms with Crippen molar-refractivity contribution in [3.8, 4) is 11.1 Å². The zero-order valence-electron chi connectivity index (χ0n) is 18.5. The largest absolute Gasteiger partial charge is 0.464 e. The van der Waals surface area contributed by atoms with Crippen molar-refractivity contribution in [3.63, 3.8) is 0 Å². The molecule has 2 aromatic carbocycles. The van der Waals surface area contributed by atoms with Gasteiger partial charge in [0.25, 0.3) is 0 Å². The van der Waals surface area contributed by atoms with Gasteiger partial charge in [-0.15, -0.1) is 0 Å². The van der Waals surface area contributed by atoms with Gasteiger partial charge in [-0.3, -0.25) is 4.79 Å². The van der Waals surface area contributed by atoms with E-state index < -0.39 is 24.2 Å². The second kappa shape index (κ2) is 11.8. The molecular weight excluding hydrogens is 465 g/mol. The lowest BCUT2D eigenvalue weighted by molar-refractivity contribution is -0.161. The Balaban J connectivity index is 1.77. The van der Waals surface area contributed by atoms with Crippen LogP contribution in [0.15, 0.2) is 42.5 Å². The molecule has 0 aliphatic heterocycles. The van der Waals surface area contributed by atoms with Gasteiger partial charge < -0.3 is 20.3 Å². The number of esters is 1. The van der Waals surface area contributed by atoms with Gasteiger partial charge in [0.2, 0.25) is 5.91 Å². The van der Waals surface area contributed by atoms with Gasteiger partial charge in [0.15, 0.2) is 6.10 Å². The van der Waals surface area contributed by atoms with Gasteiger partial charge in [0.1, 0.15) is 6.10 Å². The van der Waals surface area contributed by atoms with E-state index in [-0.39, 0.29) is 24.9 Å². The Labute approximate surface area is 203 Å². The van der Waals surface area contributed by atoms with Crippen molar-refractivity contribution in [2.24, 2.45) is 5.92 Å². The summed E-state index contributed by atoms with van der Waals surface area (Å²) >= 11 is 12.2. The summed E-state index contributed by atoms with van der Waals surface area (Å²) < 4.78 is 4.83. The number of nitrogens with one attached hydrogen (secondary N) is 1. The number of hydrogen-bond donors (Lipinski definition) is 3. The van der Waals surface area contributed by atoms with Crippen LogP contribution in [0, 0.1) is 5.92 Å². The van der Waals surface area contributed by atoms with Gasteiger partial charge in [0, 0.05) is 16.0 Å². The number of aliphatic hydroxyl groups excluding tert-OH is 2. The maximum atomic E-state index is 12.7. The van der Waals surface area contributed by atoms with Crippen molar-refractivity contribution < 1.29 is 24.5 Å². The summed E-state index contributed by atoms with van der Waals surface area (Å²) in [7, 11) is 0. The summed E-state index contributed by atoms with van der Waals surface area (Å²) in [5.74, 6) is -1.20. The number of amides is 1. The van der Waals surface area contributed by atoms with Crippen LogP contribution in [0.2, 0.25) is 10.0 Å². The van der Waals surface area contributed by atoms with Crippen LogP contribution in [-0.2, 0) is 20.7 Å². The number of ether oxygens (including phenoxy) is 1. The Morgan fingerprint density at radius 1 is 1.03 bits per heavy atom. The van der Waals surface area contributed by atoms with Crippen LogP contribution in [0.3, 0.4) is 0 Å². The fourth-order valence-corrected chi connectivity index (χ4v) is 4.67. The fraction of sp³-hybridized carbons (Fsp3) is 0.440. The van der Waals surface area contributed by atoms with Crippen LogP contribution in [0.5, 0.6) is 0 Å². The zero-order chi connectivity index (χ0) is 24.0. The van der Waals surface area contributed by atoms with Crippen LogP contribution < -0.4 is 5.32 Å². The molecule has 3 rings (SSSR count). The standard InChI is InChI=1S/C25H29Cl2NO5/c1-2-33-25(32)23(30)22(29)21(28-24(31)17-5-3-4-6-17)11-15-7-9-16(10-8-15)18-12-19(26)14-20(27)13-18/h7-10,12-14,17,21-23,29-30H,2-6,11H2,1H3,(H,28,31). The molecule has 6 nitrogen and oxygen atoms in total. The van der Waals surface area contributed by atoms with Crippen molar-refractivity contribution in [1.29, 1.82) is 0 Å². The van der Waals surface area contributed by atoms with E-state index in [1.807, 2.05) is 36.4 Å². The SMILES string of the molecule is CCOC(=O)C(O)C(O)C(Cc1ccc(-c2cc(Cl)cc(Cl)c2)cc1)NC(=O)C1CCCC1. The number of carbonyl (C=O) groups is 2. The molecule has 8 heteroatoms. The van der Waals surface area contributed by atoms with Gasteiger partial charge in [-0.05, 0) is 61.1 Å². The highest BCUT2D eigenvalue weighted by Gasteiger charge is 2.35. The average Bonchev–Trinajstić information content (AvgIpc) is 3.33. The molecule has 0 heterocycles. The first-order valence-corrected chi connectivity index (χ1v) is 11.9. The highest BCUT2D eigenvalue weighted by Crippen LogP contribution is 2.28. The smallest absolute Gasteiger partial charge is 0.337 e. The van der Waals surface area contributed by atoms with Crippen molar-refractivity contribution in [2.45, 2.75) is 57.3 Å². The third-order valence-electron chi connectivity index (χ3n) is 5.92. The maximum Gasteiger partial charge on any atom is 0.337 e. The number of aliphatic hydroxyl groups is 2. The zero-order valence-corrected chi connectivity index (χ0v) is 20.0. The molecule has 33 heavy (non-hydrogen) atoms. The van der Waals surface area contributed by atoms with Crippen LogP contribution >= 0.6 is 23.2 Å². The van der Waals surface area contributed by atoms with Gasteiger partial charge in [-0.2, -0.15) is 0 Å². The summed E-state index contributed by atoms with van der Waals surface area (Å²) in [6, 6.07) is 11.9. The van der Waals surface area contributed by atoms with Crippen molar-refractivity contribution in [2.75, 3.05) is 6.61 Å². The number of carbonyl (C=O) groups excluding carboxylic acids is 2. The van der Waals surface area contributed by atoms with Gasteiger partial charge in [0.05, 0.1) is 12.6 Å². The third-order valence-corrected chi connectivity index (χ3v) is 6.36. The number of hydrogen-bond acceptors (Lipinski definition) is 5. The topological polar surface area (TPSA) is 95.9 Å². The average molecular weight is 494 g/mol. The molecule has 2 aromatic rings. The third kappa shape index (κ3) is 6.93. The molecule has 178 valence electrons. The molecule has 1 fully saturated rings. The van der Waals surface area contributed by atoms with Crippen LogP contribution in [0.1, 0.15) is 38.2 Å². The lowest BCUT2D eigenvalue weighted by Gasteiger charge is -2.28. The summed E-state index contributed by atoms with van der Waals surface area (Å²) in [6.45, 7) is 1.70. The van der Waals surface area contributed by atoms with E-state index in [0.29, 0.717) is 10.0 Å². The highest BCUT2D eigenvalue weighted by atomic mass is 35.5. The van der Waals surface area contributed by atoms with Crippen LogP contribution in [0.4, 0.5) is 0 Å². The monoisotopic (exact) mass is 493 g/mol. The van der Waals surface area contributed by atoms with E-state index in [1.54, 1.807) is 13.0 Å². The highest BCUT2D eigenvalue weighted by molar-refractivity contribution is 6.35. The minimum atomic E-state index is -1.76. The molecule has 1 aliphatic carbocycles. The van der Waals surface area contributed by atoms with Crippen molar-refractivity contribution in [1.82, 2.24) is 5.32 Å². The lowest BCUT2D eigenvalue weighted by atomic mass is 9.95. The predicted octanol–water partition coefficient (Wildman–Crippen LogP) is 4.16. The second-order valence-electron chi connectivity index (χ2n) is 8.34. The molecule has 0 spiro atoms. The van der Waals surface area contributed by atoms with Gasteiger partial charge in [-0.25, -0.2) is 4.79 Å². The van der Waals surface area contributed by atoms with E-state index in [2.05, 4.69) is 5.32 Å². The Kier molecular flexibility index (Phi) is 9.15. The number of rotatable bonds is 9. The molecule has 3 atom stereocenters.